The summed E-state index contributed by atoms with van der Waals surface area (Å²) in [6, 6.07) is 9.04. The van der Waals surface area contributed by atoms with E-state index in [1.165, 1.54) is 31.4 Å². The van der Waals surface area contributed by atoms with Crippen LogP contribution in [0.25, 0.3) is 0 Å². The summed E-state index contributed by atoms with van der Waals surface area (Å²) in [7, 11) is 1.49. The molecule has 12 heteroatoms. The van der Waals surface area contributed by atoms with Crippen LogP contribution in [-0.4, -0.2) is 33.9 Å². The number of anilines is 2. The molecule has 0 aliphatic rings. The van der Waals surface area contributed by atoms with Crippen molar-refractivity contribution < 1.29 is 27.5 Å². The Kier molecular flexibility index (Phi) is 6.29. The number of benzene rings is 1. The van der Waals surface area contributed by atoms with Crippen LogP contribution in [-0.2, 0) is 6.18 Å². The summed E-state index contributed by atoms with van der Waals surface area (Å²) in [5.74, 6) is 0.147. The van der Waals surface area contributed by atoms with Gasteiger partial charge in [-0.25, -0.2) is 14.8 Å². The molecule has 0 aliphatic carbocycles. The van der Waals surface area contributed by atoms with Gasteiger partial charge in [0.1, 0.15) is 35.0 Å². The third-order valence-electron chi connectivity index (χ3n) is 3.74. The Balaban J connectivity index is 1.61. The average Bonchev–Trinajstić information content (AvgIpc) is 2.74. The topological polar surface area (TPSA) is 118 Å². The van der Waals surface area contributed by atoms with Crippen molar-refractivity contribution in [3.05, 3.63) is 66.4 Å². The molecule has 3 rings (SSSR count). The van der Waals surface area contributed by atoms with Gasteiger partial charge >= 0.3 is 12.2 Å². The maximum Gasteiger partial charge on any atom is 0.433 e. The highest BCUT2D eigenvalue weighted by Crippen LogP contribution is 2.28. The molecule has 2 aromatic heterocycles. The molecule has 0 bridgehead atoms. The number of alkyl halides is 3. The molecule has 0 aliphatic heterocycles. The first-order valence-corrected chi connectivity index (χ1v) is 8.68. The molecule has 31 heavy (non-hydrogen) atoms. The predicted molar refractivity (Wildman–Crippen MR) is 104 cm³/mol. The number of hydrogen-bond acceptors (Lipinski definition) is 6. The molecule has 3 amide bonds. The first-order chi connectivity index (χ1) is 14.7. The van der Waals surface area contributed by atoms with Crippen molar-refractivity contribution in [2.24, 2.45) is 0 Å². The molecule has 2 heterocycles. The molecule has 160 valence electrons. The Hall–Kier alpha value is -4.22. The summed E-state index contributed by atoms with van der Waals surface area (Å²) in [6.45, 7) is 0. The maximum absolute atomic E-state index is 12.7. The lowest BCUT2D eigenvalue weighted by Crippen LogP contribution is -2.21. The minimum absolute atomic E-state index is 0.188. The number of rotatable bonds is 5. The number of hydrogen-bond donors (Lipinski definition) is 3. The molecule has 0 unspecified atom stereocenters. The minimum Gasteiger partial charge on any atom is -0.457 e. The van der Waals surface area contributed by atoms with Crippen molar-refractivity contribution in [3.8, 4) is 11.5 Å². The summed E-state index contributed by atoms with van der Waals surface area (Å²) in [4.78, 5) is 34.3. The smallest absolute Gasteiger partial charge is 0.433 e. The van der Waals surface area contributed by atoms with Crippen LogP contribution < -0.4 is 20.7 Å². The minimum atomic E-state index is -4.65. The number of amides is 3. The summed E-state index contributed by atoms with van der Waals surface area (Å²) >= 11 is 0. The second-order valence-electron chi connectivity index (χ2n) is 5.95. The van der Waals surface area contributed by atoms with Gasteiger partial charge in [-0.15, -0.1) is 0 Å². The molecular weight excluding hydrogens is 417 g/mol. The summed E-state index contributed by atoms with van der Waals surface area (Å²) in [6.07, 6.45) is -2.52. The molecule has 3 aromatic rings. The van der Waals surface area contributed by atoms with E-state index >= 15 is 0 Å². The van der Waals surface area contributed by atoms with Crippen molar-refractivity contribution in [2.45, 2.75) is 6.18 Å². The van der Waals surface area contributed by atoms with Gasteiger partial charge in [-0.1, -0.05) is 0 Å². The van der Waals surface area contributed by atoms with Crippen LogP contribution >= 0.6 is 0 Å². The highest BCUT2D eigenvalue weighted by Gasteiger charge is 2.32. The van der Waals surface area contributed by atoms with E-state index in [1.54, 1.807) is 18.2 Å². The number of nitrogens with zero attached hydrogens (tertiary/aromatic N) is 3. The van der Waals surface area contributed by atoms with Gasteiger partial charge < -0.3 is 15.4 Å². The number of pyridine rings is 1. The average molecular weight is 432 g/mol. The molecule has 3 N–H and O–H groups in total. The van der Waals surface area contributed by atoms with Crippen LogP contribution in [0.2, 0.25) is 0 Å². The predicted octanol–water partition coefficient (Wildman–Crippen LogP) is 3.69. The van der Waals surface area contributed by atoms with E-state index < -0.39 is 17.9 Å². The third-order valence-corrected chi connectivity index (χ3v) is 3.74. The summed E-state index contributed by atoms with van der Waals surface area (Å²) < 4.78 is 43.7. The highest BCUT2D eigenvalue weighted by molar-refractivity contribution is 5.99. The lowest BCUT2D eigenvalue weighted by Gasteiger charge is -2.10. The first-order valence-electron chi connectivity index (χ1n) is 8.68. The van der Waals surface area contributed by atoms with Gasteiger partial charge in [-0.3, -0.25) is 15.1 Å². The zero-order chi connectivity index (χ0) is 22.4. The first kappa shape index (κ1) is 21.5. The Bertz CT molecular complexity index is 1090. The molecule has 0 spiro atoms. The lowest BCUT2D eigenvalue weighted by molar-refractivity contribution is -0.141. The number of nitrogens with one attached hydrogen (secondary N) is 3. The molecule has 0 saturated carbocycles. The van der Waals surface area contributed by atoms with Crippen LogP contribution in [0.4, 0.5) is 29.5 Å². The number of carbonyl (C=O) groups is 2. The van der Waals surface area contributed by atoms with Gasteiger partial charge in [-0.05, 0) is 30.3 Å². The second kappa shape index (κ2) is 9.07. The van der Waals surface area contributed by atoms with Crippen molar-refractivity contribution in [3.63, 3.8) is 0 Å². The fraction of sp³-hybridized carbons (Fsp3) is 0.105. The van der Waals surface area contributed by atoms with Crippen LogP contribution in [0.1, 0.15) is 16.2 Å². The normalized spacial score (nSPS) is 10.8. The van der Waals surface area contributed by atoms with Gasteiger partial charge in [-0.2, -0.15) is 13.2 Å². The van der Waals surface area contributed by atoms with Gasteiger partial charge in [0.15, 0.2) is 0 Å². The van der Waals surface area contributed by atoms with Crippen molar-refractivity contribution in [1.82, 2.24) is 20.3 Å². The molecule has 0 atom stereocenters. The van der Waals surface area contributed by atoms with Gasteiger partial charge in [0, 0.05) is 31.1 Å². The molecule has 9 nitrogen and oxygen atoms in total. The van der Waals surface area contributed by atoms with E-state index in [9.17, 15) is 22.8 Å². The maximum atomic E-state index is 12.7. The molecule has 0 radical (unpaired) electrons. The van der Waals surface area contributed by atoms with Gasteiger partial charge in [0.2, 0.25) is 0 Å². The van der Waals surface area contributed by atoms with E-state index in [0.29, 0.717) is 29.6 Å². The van der Waals surface area contributed by atoms with Crippen molar-refractivity contribution in [1.29, 1.82) is 0 Å². The standard InChI is InChI=1S/C19H15F3N6O3/c1-23-17(29)14-8-13(6-7-24-14)31-12-4-2-11(3-5-12)27-18(30)28-16-9-15(19(20,21)22)25-10-26-16/h2-10H,1H3,(H,23,29)(H2,25,26,27,28,30). The fourth-order valence-electron chi connectivity index (χ4n) is 2.33. The Morgan fingerprint density at radius 1 is 0.935 bits per heavy atom. The second-order valence-corrected chi connectivity index (χ2v) is 5.95. The van der Waals surface area contributed by atoms with E-state index in [4.69, 9.17) is 4.74 Å². The largest absolute Gasteiger partial charge is 0.457 e. The van der Waals surface area contributed by atoms with Gasteiger partial charge in [0.05, 0.1) is 0 Å². The van der Waals surface area contributed by atoms with Crippen LogP contribution in [0.5, 0.6) is 11.5 Å². The number of ether oxygens (including phenoxy) is 1. The quantitative estimate of drug-likeness (QED) is 0.566. The van der Waals surface area contributed by atoms with E-state index in [2.05, 4.69) is 30.9 Å². The molecule has 0 saturated heterocycles. The number of halogens is 3. The number of carbonyl (C=O) groups excluding carboxylic acids is 2. The Morgan fingerprint density at radius 2 is 1.68 bits per heavy atom. The van der Waals surface area contributed by atoms with Crippen molar-refractivity contribution in [2.75, 3.05) is 17.7 Å². The van der Waals surface area contributed by atoms with E-state index in [-0.39, 0.29) is 17.4 Å². The Morgan fingerprint density at radius 3 is 2.35 bits per heavy atom. The number of aromatic nitrogens is 3. The van der Waals surface area contributed by atoms with Crippen LogP contribution in [0.15, 0.2) is 55.0 Å². The number of urea groups is 1. The molecule has 1 aromatic carbocycles. The highest BCUT2D eigenvalue weighted by atomic mass is 19.4. The van der Waals surface area contributed by atoms with E-state index in [1.807, 2.05) is 0 Å². The van der Waals surface area contributed by atoms with Crippen LogP contribution in [0, 0.1) is 0 Å². The third kappa shape index (κ3) is 5.88. The lowest BCUT2D eigenvalue weighted by atomic mass is 10.3. The summed E-state index contributed by atoms with van der Waals surface area (Å²) in [5, 5.41) is 7.12. The molecular formula is C19H15F3N6O3. The fourth-order valence-corrected chi connectivity index (χ4v) is 2.33. The zero-order valence-corrected chi connectivity index (χ0v) is 15.9. The molecule has 0 fully saturated rings. The van der Waals surface area contributed by atoms with Crippen molar-refractivity contribution >= 4 is 23.4 Å². The Labute approximate surface area is 173 Å². The SMILES string of the molecule is CNC(=O)c1cc(Oc2ccc(NC(=O)Nc3cc(C(F)(F)F)ncn3)cc2)ccn1. The van der Waals surface area contributed by atoms with Gasteiger partial charge in [0.25, 0.3) is 5.91 Å². The zero-order valence-electron chi connectivity index (χ0n) is 15.9. The summed E-state index contributed by atoms with van der Waals surface area (Å²) in [5.41, 5.74) is -0.626. The van der Waals surface area contributed by atoms with Crippen LogP contribution in [0.3, 0.4) is 0 Å². The van der Waals surface area contributed by atoms with E-state index in [0.717, 1.165) is 0 Å². The monoisotopic (exact) mass is 432 g/mol.